The Balaban J connectivity index is 2.24. The van der Waals surface area contributed by atoms with Crippen LogP contribution in [0.3, 0.4) is 0 Å². The van der Waals surface area contributed by atoms with Crippen molar-refractivity contribution in [2.24, 2.45) is 0 Å². The Bertz CT molecular complexity index is 634. The molecular formula is C11H8FN3O3. The van der Waals surface area contributed by atoms with Crippen LogP contribution in [0.4, 0.5) is 10.2 Å². The molecule has 1 aromatic heterocycles. The summed E-state index contributed by atoms with van der Waals surface area (Å²) in [5, 5.41) is 17.4. The largest absolute Gasteiger partial charge is 0.507 e. The normalized spacial score (nSPS) is 10.1. The maximum absolute atomic E-state index is 12.9. The third-order valence-corrected chi connectivity index (χ3v) is 2.12. The number of nitrogens with one attached hydrogen (secondary N) is 2. The molecule has 0 fully saturated rings. The molecule has 6 nitrogen and oxygen atoms in total. The number of benzene rings is 1. The van der Waals surface area contributed by atoms with E-state index in [0.717, 1.165) is 18.2 Å². The van der Waals surface area contributed by atoms with Crippen LogP contribution < -0.4 is 10.9 Å². The first-order valence-corrected chi connectivity index (χ1v) is 4.92. The maximum atomic E-state index is 12.9. The fourth-order valence-electron chi connectivity index (χ4n) is 1.29. The van der Waals surface area contributed by atoms with Gasteiger partial charge < -0.3 is 10.4 Å². The molecule has 0 radical (unpaired) electrons. The van der Waals surface area contributed by atoms with Crippen molar-refractivity contribution in [3.63, 3.8) is 0 Å². The van der Waals surface area contributed by atoms with Crippen molar-refractivity contribution in [2.45, 2.75) is 0 Å². The highest BCUT2D eigenvalue weighted by Gasteiger charge is 2.12. The van der Waals surface area contributed by atoms with Gasteiger partial charge in [-0.1, -0.05) is 0 Å². The monoisotopic (exact) mass is 249 g/mol. The van der Waals surface area contributed by atoms with Gasteiger partial charge in [-0.15, -0.1) is 0 Å². The number of carbonyl (C=O) groups is 1. The van der Waals surface area contributed by atoms with Crippen LogP contribution in [0, 0.1) is 5.82 Å². The Kier molecular flexibility index (Phi) is 3.05. The first-order chi connectivity index (χ1) is 8.56. The van der Waals surface area contributed by atoms with Crippen molar-refractivity contribution in [3.05, 3.63) is 52.1 Å². The van der Waals surface area contributed by atoms with E-state index in [2.05, 4.69) is 15.5 Å². The third kappa shape index (κ3) is 2.51. The number of nitrogens with zero attached hydrogens (tertiary/aromatic N) is 1. The van der Waals surface area contributed by atoms with Gasteiger partial charge in [-0.3, -0.25) is 9.59 Å². The topological polar surface area (TPSA) is 95.1 Å². The summed E-state index contributed by atoms with van der Waals surface area (Å²) < 4.78 is 12.9. The lowest BCUT2D eigenvalue weighted by Crippen LogP contribution is -2.16. The lowest BCUT2D eigenvalue weighted by Gasteiger charge is -2.05. The van der Waals surface area contributed by atoms with Crippen molar-refractivity contribution in [1.29, 1.82) is 0 Å². The molecule has 0 atom stereocenters. The minimum absolute atomic E-state index is 0.0864. The van der Waals surface area contributed by atoms with Crippen LogP contribution in [-0.4, -0.2) is 21.2 Å². The average molecular weight is 249 g/mol. The summed E-state index contributed by atoms with van der Waals surface area (Å²) in [6.07, 6.45) is 0. The molecule has 1 amide bonds. The number of amides is 1. The zero-order valence-corrected chi connectivity index (χ0v) is 8.98. The second-order valence-corrected chi connectivity index (χ2v) is 3.42. The number of aromatic hydroxyl groups is 1. The van der Waals surface area contributed by atoms with E-state index in [-0.39, 0.29) is 17.1 Å². The van der Waals surface area contributed by atoms with Gasteiger partial charge in [-0.05, 0) is 24.3 Å². The predicted octanol–water partition coefficient (Wildman–Crippen LogP) is 0.867. The molecule has 0 aliphatic carbocycles. The Morgan fingerprint density at radius 3 is 2.78 bits per heavy atom. The van der Waals surface area contributed by atoms with Crippen LogP contribution in [-0.2, 0) is 0 Å². The van der Waals surface area contributed by atoms with Crippen LogP contribution in [0.15, 0.2) is 35.1 Å². The lowest BCUT2D eigenvalue weighted by atomic mass is 10.2. The van der Waals surface area contributed by atoms with E-state index in [1.807, 2.05) is 0 Å². The van der Waals surface area contributed by atoms with Crippen molar-refractivity contribution < 1.29 is 14.3 Å². The first kappa shape index (κ1) is 11.8. The molecule has 0 saturated heterocycles. The van der Waals surface area contributed by atoms with E-state index in [1.165, 1.54) is 12.1 Å². The van der Waals surface area contributed by atoms with Gasteiger partial charge in [0.1, 0.15) is 11.6 Å². The van der Waals surface area contributed by atoms with Gasteiger partial charge in [0.25, 0.3) is 11.5 Å². The number of rotatable bonds is 2. The highest BCUT2D eigenvalue weighted by molar-refractivity contribution is 6.05. The minimum atomic E-state index is -0.730. The van der Waals surface area contributed by atoms with E-state index >= 15 is 0 Å². The molecule has 18 heavy (non-hydrogen) atoms. The molecule has 3 N–H and O–H groups in total. The number of halogens is 1. The minimum Gasteiger partial charge on any atom is -0.507 e. The summed E-state index contributed by atoms with van der Waals surface area (Å²) in [6.45, 7) is 0. The van der Waals surface area contributed by atoms with Gasteiger partial charge in [0, 0.05) is 6.07 Å². The van der Waals surface area contributed by atoms with Gasteiger partial charge in [0.15, 0.2) is 5.82 Å². The number of phenolic OH excluding ortho intramolecular Hbond substituents is 1. The molecular weight excluding hydrogens is 241 g/mol. The van der Waals surface area contributed by atoms with Crippen molar-refractivity contribution in [3.8, 4) is 5.75 Å². The number of hydrogen-bond acceptors (Lipinski definition) is 4. The quantitative estimate of drug-likeness (QED) is 0.735. The second-order valence-electron chi connectivity index (χ2n) is 3.42. The number of H-pyrrole nitrogens is 1. The molecule has 1 aromatic carbocycles. The smallest absolute Gasteiger partial charge is 0.264 e. The summed E-state index contributed by atoms with van der Waals surface area (Å²) in [5.41, 5.74) is -0.635. The summed E-state index contributed by atoms with van der Waals surface area (Å²) in [5.74, 6) is -1.64. The molecule has 0 unspecified atom stereocenters. The summed E-state index contributed by atoms with van der Waals surface area (Å²) in [4.78, 5) is 22.5. The van der Waals surface area contributed by atoms with Crippen LogP contribution in [0.25, 0.3) is 0 Å². The third-order valence-electron chi connectivity index (χ3n) is 2.12. The number of hydrogen-bond donors (Lipinski definition) is 3. The summed E-state index contributed by atoms with van der Waals surface area (Å²) >= 11 is 0. The molecule has 7 heteroatoms. The van der Waals surface area contributed by atoms with E-state index < -0.39 is 17.3 Å². The van der Waals surface area contributed by atoms with Crippen LogP contribution in [0.2, 0.25) is 0 Å². The Morgan fingerprint density at radius 2 is 2.11 bits per heavy atom. The number of aromatic nitrogens is 2. The predicted molar refractivity (Wildman–Crippen MR) is 60.9 cm³/mol. The van der Waals surface area contributed by atoms with Crippen LogP contribution >= 0.6 is 0 Å². The molecule has 2 aromatic rings. The standard InChI is InChI=1S/C11H8FN3O3/c12-6-1-2-8(16)7(5-6)11(18)13-9-3-4-10(17)15-14-9/h1-5,16H,(H,15,17)(H,13,14,18). The fraction of sp³-hybridized carbons (Fsp3) is 0. The number of carbonyl (C=O) groups excluding carboxylic acids is 1. The molecule has 0 aliphatic rings. The summed E-state index contributed by atoms with van der Waals surface area (Å²) in [6, 6.07) is 5.46. The van der Waals surface area contributed by atoms with E-state index in [4.69, 9.17) is 0 Å². The molecule has 0 aliphatic heterocycles. The highest BCUT2D eigenvalue weighted by atomic mass is 19.1. The van der Waals surface area contributed by atoms with Crippen LogP contribution in [0.1, 0.15) is 10.4 Å². The van der Waals surface area contributed by atoms with Crippen LogP contribution in [0.5, 0.6) is 5.75 Å². The Labute approximate surface area is 100 Å². The van der Waals surface area contributed by atoms with Gasteiger partial charge in [-0.2, -0.15) is 5.10 Å². The number of anilines is 1. The zero-order chi connectivity index (χ0) is 13.1. The van der Waals surface area contributed by atoms with Crippen molar-refractivity contribution >= 4 is 11.7 Å². The van der Waals surface area contributed by atoms with Gasteiger partial charge in [0.05, 0.1) is 5.56 Å². The van der Waals surface area contributed by atoms with Crippen molar-refractivity contribution in [1.82, 2.24) is 10.2 Å². The molecule has 0 bridgehead atoms. The maximum Gasteiger partial charge on any atom is 0.264 e. The molecule has 92 valence electrons. The average Bonchev–Trinajstić information content (AvgIpc) is 2.35. The van der Waals surface area contributed by atoms with Gasteiger partial charge >= 0.3 is 0 Å². The molecule has 1 heterocycles. The van der Waals surface area contributed by atoms with E-state index in [1.54, 1.807) is 0 Å². The SMILES string of the molecule is O=C(Nc1ccc(=O)[nH]n1)c1cc(F)ccc1O. The molecule has 0 saturated carbocycles. The second kappa shape index (κ2) is 4.66. The van der Waals surface area contributed by atoms with Crippen molar-refractivity contribution in [2.75, 3.05) is 5.32 Å². The van der Waals surface area contributed by atoms with Gasteiger partial charge in [-0.25, -0.2) is 9.49 Å². The first-order valence-electron chi connectivity index (χ1n) is 4.92. The van der Waals surface area contributed by atoms with Gasteiger partial charge in [0.2, 0.25) is 0 Å². The fourth-order valence-corrected chi connectivity index (χ4v) is 1.29. The van der Waals surface area contributed by atoms with E-state index in [9.17, 15) is 19.1 Å². The molecule has 0 spiro atoms. The molecule has 2 rings (SSSR count). The zero-order valence-electron chi connectivity index (χ0n) is 8.98. The summed E-state index contributed by atoms with van der Waals surface area (Å²) in [7, 11) is 0. The Morgan fingerprint density at radius 1 is 1.33 bits per heavy atom. The number of phenols is 1. The van der Waals surface area contributed by atoms with E-state index in [0.29, 0.717) is 0 Å². The lowest BCUT2D eigenvalue weighted by molar-refractivity contribution is 0.102. The highest BCUT2D eigenvalue weighted by Crippen LogP contribution is 2.18. The number of aromatic amines is 1. The Hall–Kier alpha value is -2.70.